The van der Waals surface area contributed by atoms with Crippen LogP contribution in [0.3, 0.4) is 0 Å². The highest BCUT2D eigenvalue weighted by molar-refractivity contribution is 5.77. The largest absolute Gasteiger partial charge is 0.379 e. The van der Waals surface area contributed by atoms with Crippen LogP contribution in [0.1, 0.15) is 34.1 Å². The molecule has 0 saturated heterocycles. The van der Waals surface area contributed by atoms with Gasteiger partial charge in [0.1, 0.15) is 0 Å². The Kier molecular flexibility index (Phi) is 17.3. The quantitative estimate of drug-likeness (QED) is 0.339. The second-order valence-electron chi connectivity index (χ2n) is 6.84. The Labute approximate surface area is 163 Å². The van der Waals surface area contributed by atoms with Gasteiger partial charge in [-0.25, -0.2) is 0 Å². The first-order valence-electron chi connectivity index (χ1n) is 9.78. The molecule has 0 fully saturated rings. The summed E-state index contributed by atoms with van der Waals surface area (Å²) in [5.41, 5.74) is 0. The van der Waals surface area contributed by atoms with Crippen molar-refractivity contribution in [1.29, 1.82) is 0 Å². The number of rotatable bonds is 18. The minimum atomic E-state index is -0.00653. The van der Waals surface area contributed by atoms with Crippen LogP contribution >= 0.6 is 0 Å². The minimum absolute atomic E-state index is 0.00653. The smallest absolute Gasteiger partial charge is 0.222 e. The van der Waals surface area contributed by atoms with Gasteiger partial charge in [0.05, 0.1) is 52.9 Å². The van der Waals surface area contributed by atoms with E-state index >= 15 is 0 Å². The zero-order chi connectivity index (χ0) is 20.3. The predicted octanol–water partition coefficient (Wildman–Crippen LogP) is 0.987. The topological polar surface area (TPSA) is 95.1 Å². The van der Waals surface area contributed by atoms with Crippen LogP contribution in [0.25, 0.3) is 0 Å². The molecule has 8 nitrogen and oxygen atoms in total. The number of ether oxygens (including phenoxy) is 4. The van der Waals surface area contributed by atoms with E-state index in [4.69, 9.17) is 18.9 Å². The molecule has 0 aliphatic rings. The van der Waals surface area contributed by atoms with E-state index in [-0.39, 0.29) is 17.7 Å². The zero-order valence-corrected chi connectivity index (χ0v) is 17.4. The highest BCUT2D eigenvalue weighted by Gasteiger charge is 2.04. The molecule has 0 atom stereocenters. The van der Waals surface area contributed by atoms with Crippen molar-refractivity contribution in [3.63, 3.8) is 0 Å². The van der Waals surface area contributed by atoms with E-state index in [1.807, 2.05) is 13.8 Å². The van der Waals surface area contributed by atoms with Gasteiger partial charge in [-0.1, -0.05) is 27.7 Å². The van der Waals surface area contributed by atoms with Crippen LogP contribution in [0.2, 0.25) is 0 Å². The fraction of sp³-hybridized carbons (Fsp3) is 0.895. The lowest BCUT2D eigenvalue weighted by Crippen LogP contribution is -2.31. The van der Waals surface area contributed by atoms with Gasteiger partial charge in [0.15, 0.2) is 0 Å². The van der Waals surface area contributed by atoms with Crippen molar-refractivity contribution in [2.24, 2.45) is 11.8 Å². The molecule has 0 heterocycles. The van der Waals surface area contributed by atoms with Gasteiger partial charge < -0.3 is 29.6 Å². The van der Waals surface area contributed by atoms with Crippen molar-refractivity contribution in [1.82, 2.24) is 10.6 Å². The minimum Gasteiger partial charge on any atom is -0.379 e. The molecule has 0 saturated carbocycles. The van der Waals surface area contributed by atoms with Crippen molar-refractivity contribution in [2.75, 3.05) is 65.9 Å². The lowest BCUT2D eigenvalue weighted by atomic mass is 10.2. The maximum atomic E-state index is 11.5. The first-order chi connectivity index (χ1) is 12.9. The molecular formula is C19H38N2O6. The summed E-state index contributed by atoms with van der Waals surface area (Å²) in [6, 6.07) is 0. The third kappa shape index (κ3) is 19.3. The average molecular weight is 391 g/mol. The van der Waals surface area contributed by atoms with E-state index in [0.29, 0.717) is 78.3 Å². The molecule has 0 aromatic carbocycles. The van der Waals surface area contributed by atoms with Crippen LogP contribution in [0, 0.1) is 11.8 Å². The summed E-state index contributed by atoms with van der Waals surface area (Å²) in [6.45, 7) is 12.8. The molecule has 0 aliphatic carbocycles. The van der Waals surface area contributed by atoms with Crippen LogP contribution in [0.4, 0.5) is 0 Å². The van der Waals surface area contributed by atoms with Crippen LogP contribution < -0.4 is 10.6 Å². The molecule has 0 bridgehead atoms. The van der Waals surface area contributed by atoms with Crippen LogP contribution in [0.5, 0.6) is 0 Å². The monoisotopic (exact) mass is 390 g/mol. The lowest BCUT2D eigenvalue weighted by Gasteiger charge is -2.09. The number of hydrogen-bond acceptors (Lipinski definition) is 6. The Morgan fingerprint density at radius 2 is 1.19 bits per heavy atom. The van der Waals surface area contributed by atoms with Gasteiger partial charge in [-0.3, -0.25) is 9.59 Å². The molecular weight excluding hydrogens is 352 g/mol. The predicted molar refractivity (Wildman–Crippen MR) is 104 cm³/mol. The zero-order valence-electron chi connectivity index (χ0n) is 17.4. The van der Waals surface area contributed by atoms with E-state index in [9.17, 15) is 9.59 Å². The lowest BCUT2D eigenvalue weighted by molar-refractivity contribution is -0.124. The van der Waals surface area contributed by atoms with E-state index in [2.05, 4.69) is 24.5 Å². The second kappa shape index (κ2) is 18.2. The number of hydrogen-bond donors (Lipinski definition) is 2. The van der Waals surface area contributed by atoms with Gasteiger partial charge in [-0.2, -0.15) is 0 Å². The van der Waals surface area contributed by atoms with E-state index in [1.165, 1.54) is 0 Å². The van der Waals surface area contributed by atoms with Gasteiger partial charge in [0.25, 0.3) is 0 Å². The number of amides is 2. The van der Waals surface area contributed by atoms with Crippen molar-refractivity contribution in [3.05, 3.63) is 0 Å². The maximum absolute atomic E-state index is 11.5. The van der Waals surface area contributed by atoms with E-state index in [1.54, 1.807) is 0 Å². The van der Waals surface area contributed by atoms with Crippen molar-refractivity contribution < 1.29 is 28.5 Å². The summed E-state index contributed by atoms with van der Waals surface area (Å²) < 4.78 is 21.4. The summed E-state index contributed by atoms with van der Waals surface area (Å²) in [4.78, 5) is 22.8. The summed E-state index contributed by atoms with van der Waals surface area (Å²) in [6.07, 6.45) is 0.372. The Bertz CT molecular complexity index is 377. The van der Waals surface area contributed by atoms with E-state index in [0.717, 1.165) is 0 Å². The molecule has 0 aromatic rings. The van der Waals surface area contributed by atoms with Crippen molar-refractivity contribution in [2.45, 2.75) is 34.1 Å². The standard InChI is InChI=1S/C19H38N2O6/c1-16(2)15-21-18(22)5-7-24-9-11-26-13-14-27-12-10-25-8-6-20-19(23)17(3)4/h16-17H,5-15H2,1-4H3,(H,20,23)(H,21,22). The molecule has 2 N–H and O–H groups in total. The van der Waals surface area contributed by atoms with Gasteiger partial charge in [0.2, 0.25) is 11.8 Å². The Morgan fingerprint density at radius 3 is 1.67 bits per heavy atom. The van der Waals surface area contributed by atoms with Crippen LogP contribution in [0.15, 0.2) is 0 Å². The van der Waals surface area contributed by atoms with Crippen LogP contribution in [-0.2, 0) is 28.5 Å². The molecule has 0 aliphatic heterocycles. The second-order valence-corrected chi connectivity index (χ2v) is 6.84. The summed E-state index contributed by atoms with van der Waals surface area (Å²) >= 11 is 0. The Hall–Kier alpha value is -1.22. The molecule has 0 radical (unpaired) electrons. The number of carbonyl (C=O) groups is 2. The Balaban J connectivity index is 3.17. The first kappa shape index (κ1) is 25.8. The number of carbonyl (C=O) groups excluding carboxylic acids is 2. The average Bonchev–Trinajstić information content (AvgIpc) is 2.62. The summed E-state index contributed by atoms with van der Waals surface area (Å²) in [5, 5.41) is 5.62. The molecule has 0 spiro atoms. The highest BCUT2D eigenvalue weighted by Crippen LogP contribution is 1.90. The van der Waals surface area contributed by atoms with E-state index < -0.39 is 0 Å². The summed E-state index contributed by atoms with van der Waals surface area (Å²) in [5.74, 6) is 0.496. The van der Waals surface area contributed by atoms with Gasteiger partial charge in [-0.05, 0) is 5.92 Å². The third-order valence-electron chi connectivity index (χ3n) is 3.37. The maximum Gasteiger partial charge on any atom is 0.222 e. The molecule has 27 heavy (non-hydrogen) atoms. The number of nitrogens with one attached hydrogen (secondary N) is 2. The van der Waals surface area contributed by atoms with Gasteiger partial charge in [0, 0.05) is 25.4 Å². The SMILES string of the molecule is CC(C)CNC(=O)CCOCCOCCOCCOCCNC(=O)C(C)C. The molecule has 0 unspecified atom stereocenters. The van der Waals surface area contributed by atoms with Crippen LogP contribution in [-0.4, -0.2) is 77.8 Å². The summed E-state index contributed by atoms with van der Waals surface area (Å²) in [7, 11) is 0. The fourth-order valence-corrected chi connectivity index (χ4v) is 1.78. The first-order valence-corrected chi connectivity index (χ1v) is 9.78. The molecule has 160 valence electrons. The molecule has 2 amide bonds. The fourth-order valence-electron chi connectivity index (χ4n) is 1.78. The molecule has 0 aromatic heterocycles. The highest BCUT2D eigenvalue weighted by atomic mass is 16.6. The molecule has 8 heteroatoms. The van der Waals surface area contributed by atoms with Gasteiger partial charge >= 0.3 is 0 Å². The van der Waals surface area contributed by atoms with Crippen molar-refractivity contribution >= 4 is 11.8 Å². The third-order valence-corrected chi connectivity index (χ3v) is 3.37. The van der Waals surface area contributed by atoms with Gasteiger partial charge in [-0.15, -0.1) is 0 Å². The Morgan fingerprint density at radius 1 is 0.704 bits per heavy atom. The molecule has 0 rings (SSSR count). The normalized spacial score (nSPS) is 11.2. The van der Waals surface area contributed by atoms with Crippen molar-refractivity contribution in [3.8, 4) is 0 Å².